The number of benzene rings is 1. The van der Waals surface area contributed by atoms with E-state index in [9.17, 15) is 14.4 Å². The Hall–Kier alpha value is -1.30. The molecular formula is C13H13N2NaO3. The summed E-state index contributed by atoms with van der Waals surface area (Å²) in [5, 5.41) is 0.786. The molecule has 0 aliphatic carbocycles. The molecule has 94 valence electrons. The van der Waals surface area contributed by atoms with Crippen LogP contribution in [0.3, 0.4) is 0 Å². The number of hydrogen-bond acceptors (Lipinski definition) is 3. The van der Waals surface area contributed by atoms with Crippen LogP contribution in [-0.2, 0) is 20.8 Å². The largest absolute Gasteiger partial charge is 1.00 e. The van der Waals surface area contributed by atoms with E-state index >= 15 is 0 Å². The number of nitrogens with one attached hydrogen (secondary N) is 1. The topological polar surface area (TPSA) is 66.5 Å². The van der Waals surface area contributed by atoms with E-state index in [1.807, 2.05) is 30.3 Å². The molecule has 1 fully saturated rings. The van der Waals surface area contributed by atoms with Crippen LogP contribution in [0.5, 0.6) is 0 Å². The van der Waals surface area contributed by atoms with Gasteiger partial charge in [-0.2, -0.15) is 6.42 Å². The Morgan fingerprint density at radius 3 is 2.58 bits per heavy atom. The minimum absolute atomic E-state index is 0. The fraction of sp³-hybridized carbons (Fsp3) is 0.231. The predicted octanol–water partition coefficient (Wildman–Crippen LogP) is -2.38. The van der Waals surface area contributed by atoms with Gasteiger partial charge in [0.05, 0.1) is 6.42 Å². The quantitative estimate of drug-likeness (QED) is 0.378. The van der Waals surface area contributed by atoms with Gasteiger partial charge in [-0.25, -0.2) is 5.01 Å². The molecule has 19 heavy (non-hydrogen) atoms. The number of imide groups is 1. The van der Waals surface area contributed by atoms with Crippen molar-refractivity contribution in [2.24, 2.45) is 0 Å². The summed E-state index contributed by atoms with van der Waals surface area (Å²) in [6.45, 7) is 0. The second-order valence-corrected chi connectivity index (χ2v) is 4.01. The minimum Gasteiger partial charge on any atom is -0.309 e. The van der Waals surface area contributed by atoms with Crippen LogP contribution in [0.4, 0.5) is 0 Å². The second-order valence-electron chi connectivity index (χ2n) is 4.01. The fourth-order valence-electron chi connectivity index (χ4n) is 1.71. The van der Waals surface area contributed by atoms with Crippen molar-refractivity contribution in [3.63, 3.8) is 0 Å². The predicted molar refractivity (Wildman–Crippen MR) is 63.7 cm³/mol. The van der Waals surface area contributed by atoms with Gasteiger partial charge in [-0.15, -0.1) is 0 Å². The first kappa shape index (κ1) is 15.8. The van der Waals surface area contributed by atoms with Crippen molar-refractivity contribution in [2.75, 3.05) is 0 Å². The minimum atomic E-state index is -0.465. The summed E-state index contributed by atoms with van der Waals surface area (Å²) in [4.78, 5) is 34.6. The number of carbonyl (C=O) groups excluding carboxylic acids is 3. The molecule has 6 heteroatoms. The molecule has 0 saturated carbocycles. The van der Waals surface area contributed by atoms with Gasteiger partial charge in [-0.05, 0) is 5.56 Å². The van der Waals surface area contributed by atoms with Gasteiger partial charge in [0.1, 0.15) is 5.91 Å². The van der Waals surface area contributed by atoms with Gasteiger partial charge >= 0.3 is 29.6 Å². The van der Waals surface area contributed by atoms with Gasteiger partial charge in [-0.1, -0.05) is 30.3 Å². The van der Waals surface area contributed by atoms with E-state index in [4.69, 9.17) is 0 Å². The molecule has 0 aromatic heterocycles. The third kappa shape index (κ3) is 4.38. The standard InChI is InChI=1S/C13H13N2O3.Na/c16-11(9-10-5-2-1-3-6-10)14-15-12(17)7-4-8-13(15)18;/h1-3,5-7H,4,8-9H2,(H,14,16);/q-1;+1. The number of nitrogens with zero attached hydrogens (tertiary/aromatic N) is 1. The average molecular weight is 268 g/mol. The summed E-state index contributed by atoms with van der Waals surface area (Å²) in [6.07, 6.45) is 2.21. The van der Waals surface area contributed by atoms with E-state index in [1.165, 1.54) is 6.42 Å². The third-order valence-corrected chi connectivity index (χ3v) is 2.59. The molecule has 1 aliphatic rings. The second kappa shape index (κ2) is 7.33. The van der Waals surface area contributed by atoms with E-state index < -0.39 is 5.91 Å². The summed E-state index contributed by atoms with van der Waals surface area (Å²) < 4.78 is 0. The molecule has 0 bridgehead atoms. The van der Waals surface area contributed by atoms with Crippen molar-refractivity contribution >= 4 is 17.7 Å². The molecule has 1 aromatic rings. The Balaban J connectivity index is 0.00000180. The van der Waals surface area contributed by atoms with Crippen molar-refractivity contribution < 1.29 is 43.9 Å². The van der Waals surface area contributed by atoms with E-state index in [0.717, 1.165) is 10.6 Å². The molecule has 1 heterocycles. The normalized spacial score (nSPS) is 14.4. The van der Waals surface area contributed by atoms with Gasteiger partial charge in [0, 0.05) is 6.42 Å². The number of piperidine rings is 1. The first-order valence-corrected chi connectivity index (χ1v) is 5.70. The van der Waals surface area contributed by atoms with Crippen molar-refractivity contribution in [2.45, 2.75) is 19.3 Å². The molecule has 1 aliphatic heterocycles. The Bertz CT molecular complexity index is 460. The first-order chi connectivity index (χ1) is 8.66. The van der Waals surface area contributed by atoms with Crippen LogP contribution in [-0.4, -0.2) is 22.7 Å². The zero-order chi connectivity index (χ0) is 13.0. The number of amides is 3. The maximum Gasteiger partial charge on any atom is 1.00 e. The van der Waals surface area contributed by atoms with E-state index in [2.05, 4.69) is 5.43 Å². The SMILES string of the molecule is O=C(Cc1ccccc1)NN1C(=O)[CH-]CCC1=O.[Na+]. The van der Waals surface area contributed by atoms with Crippen LogP contribution >= 0.6 is 0 Å². The Morgan fingerprint density at radius 2 is 1.95 bits per heavy atom. The summed E-state index contributed by atoms with van der Waals surface area (Å²) in [5.74, 6) is -1.21. The van der Waals surface area contributed by atoms with Crippen molar-refractivity contribution in [3.8, 4) is 0 Å². The zero-order valence-electron chi connectivity index (χ0n) is 10.8. The molecule has 3 amide bonds. The van der Waals surface area contributed by atoms with Gasteiger partial charge in [0.15, 0.2) is 0 Å². The molecular weight excluding hydrogens is 255 g/mol. The van der Waals surface area contributed by atoms with Gasteiger partial charge in [0.25, 0.3) is 0 Å². The fourth-order valence-corrected chi connectivity index (χ4v) is 1.71. The molecule has 1 saturated heterocycles. The average Bonchev–Trinajstić information content (AvgIpc) is 2.35. The van der Waals surface area contributed by atoms with Crippen molar-refractivity contribution in [1.82, 2.24) is 10.4 Å². The van der Waals surface area contributed by atoms with Crippen molar-refractivity contribution in [1.29, 1.82) is 0 Å². The summed E-state index contributed by atoms with van der Waals surface area (Å²) in [7, 11) is 0. The first-order valence-electron chi connectivity index (χ1n) is 5.70. The van der Waals surface area contributed by atoms with Gasteiger partial charge < -0.3 is 11.2 Å². The zero-order valence-corrected chi connectivity index (χ0v) is 12.8. The van der Waals surface area contributed by atoms with E-state index in [-0.39, 0.29) is 54.2 Å². The molecule has 1 N–H and O–H groups in total. The monoisotopic (exact) mass is 268 g/mol. The molecule has 1 aromatic carbocycles. The van der Waals surface area contributed by atoms with Crippen LogP contribution < -0.4 is 35.0 Å². The molecule has 0 atom stereocenters. The molecule has 0 radical (unpaired) electrons. The van der Waals surface area contributed by atoms with Crippen LogP contribution in [0.1, 0.15) is 18.4 Å². The van der Waals surface area contributed by atoms with Gasteiger partial charge in [0.2, 0.25) is 11.8 Å². The number of hydrogen-bond donors (Lipinski definition) is 1. The Morgan fingerprint density at radius 1 is 1.26 bits per heavy atom. The Kier molecular flexibility index (Phi) is 6.08. The summed E-state index contributed by atoms with van der Waals surface area (Å²) >= 11 is 0. The number of carbonyl (C=O) groups is 3. The summed E-state index contributed by atoms with van der Waals surface area (Å²) in [6, 6.07) is 9.13. The third-order valence-electron chi connectivity index (χ3n) is 2.59. The molecule has 0 spiro atoms. The maximum atomic E-state index is 11.7. The van der Waals surface area contributed by atoms with E-state index in [1.54, 1.807) is 0 Å². The molecule has 5 nitrogen and oxygen atoms in total. The van der Waals surface area contributed by atoms with E-state index in [0.29, 0.717) is 6.42 Å². The summed E-state index contributed by atoms with van der Waals surface area (Å²) in [5.41, 5.74) is 3.16. The molecule has 2 rings (SSSR count). The Labute approximate surface area is 133 Å². The van der Waals surface area contributed by atoms with Gasteiger partial charge in [-0.3, -0.25) is 15.0 Å². The van der Waals surface area contributed by atoms with Crippen LogP contribution in [0.15, 0.2) is 30.3 Å². The van der Waals surface area contributed by atoms with Crippen LogP contribution in [0.25, 0.3) is 0 Å². The van der Waals surface area contributed by atoms with Crippen LogP contribution in [0.2, 0.25) is 0 Å². The van der Waals surface area contributed by atoms with Crippen molar-refractivity contribution in [3.05, 3.63) is 42.3 Å². The number of hydrazine groups is 1. The van der Waals surface area contributed by atoms with Crippen LogP contribution in [0, 0.1) is 6.42 Å². The smallest absolute Gasteiger partial charge is 0.309 e. The number of rotatable bonds is 3. The maximum absolute atomic E-state index is 11.7. The molecule has 0 unspecified atom stereocenters.